The monoisotopic (exact) mass is 259 g/mol. The van der Waals surface area contributed by atoms with E-state index in [4.69, 9.17) is 0 Å². The van der Waals surface area contributed by atoms with E-state index >= 15 is 0 Å². The number of nitrogens with one attached hydrogen (secondary N) is 1. The summed E-state index contributed by atoms with van der Waals surface area (Å²) < 4.78 is 0. The van der Waals surface area contributed by atoms with Crippen LogP contribution in [0.15, 0.2) is 30.3 Å². The molecule has 1 heterocycles. The number of benzene rings is 1. The molecule has 0 aliphatic carbocycles. The summed E-state index contributed by atoms with van der Waals surface area (Å²) in [5.41, 5.74) is 4.19. The lowest BCUT2D eigenvalue weighted by Crippen LogP contribution is -2.13. The summed E-state index contributed by atoms with van der Waals surface area (Å²) in [7, 11) is 0. The Balaban J connectivity index is 1.92. The van der Waals surface area contributed by atoms with Gasteiger partial charge in [0.2, 0.25) is 0 Å². The first-order valence-electron chi connectivity index (χ1n) is 6.54. The molecule has 96 valence electrons. The third kappa shape index (κ3) is 3.21. The van der Waals surface area contributed by atoms with Gasteiger partial charge in [-0.3, -0.25) is 0 Å². The molecule has 0 spiro atoms. The molecule has 0 fully saturated rings. The second kappa shape index (κ2) is 6.17. The predicted molar refractivity (Wildman–Crippen MR) is 80.2 cm³/mol. The third-order valence-electron chi connectivity index (χ3n) is 3.31. The standard InChI is InChI=1S/C16H21NS/c1-4-14-8-9-15(18-14)10-17-11-16-12(2)6-5-7-13(16)3/h5-9,17H,4,10-11H2,1-3H3. The minimum atomic E-state index is 0.956. The van der Waals surface area contributed by atoms with Gasteiger partial charge in [-0.15, -0.1) is 11.3 Å². The molecule has 0 unspecified atom stereocenters. The summed E-state index contributed by atoms with van der Waals surface area (Å²) in [4.78, 5) is 2.90. The van der Waals surface area contributed by atoms with E-state index in [0.717, 1.165) is 19.5 Å². The first kappa shape index (κ1) is 13.3. The zero-order chi connectivity index (χ0) is 13.0. The summed E-state index contributed by atoms with van der Waals surface area (Å²) in [6.07, 6.45) is 1.14. The van der Waals surface area contributed by atoms with Crippen LogP contribution in [0.2, 0.25) is 0 Å². The van der Waals surface area contributed by atoms with Crippen molar-refractivity contribution in [2.24, 2.45) is 0 Å². The lowest BCUT2D eigenvalue weighted by Gasteiger charge is -2.10. The number of hydrogen-bond donors (Lipinski definition) is 1. The maximum Gasteiger partial charge on any atom is 0.0303 e. The van der Waals surface area contributed by atoms with E-state index in [-0.39, 0.29) is 0 Å². The number of hydrogen-bond acceptors (Lipinski definition) is 2. The highest BCUT2D eigenvalue weighted by Crippen LogP contribution is 2.17. The molecule has 18 heavy (non-hydrogen) atoms. The molecule has 0 radical (unpaired) electrons. The van der Waals surface area contributed by atoms with Crippen LogP contribution in [0.1, 0.15) is 33.4 Å². The van der Waals surface area contributed by atoms with Crippen molar-refractivity contribution in [3.8, 4) is 0 Å². The van der Waals surface area contributed by atoms with Gasteiger partial charge in [-0.1, -0.05) is 25.1 Å². The van der Waals surface area contributed by atoms with Crippen molar-refractivity contribution in [1.82, 2.24) is 5.32 Å². The molecule has 0 saturated heterocycles. The van der Waals surface area contributed by atoms with E-state index in [1.54, 1.807) is 0 Å². The van der Waals surface area contributed by atoms with Crippen LogP contribution in [0.3, 0.4) is 0 Å². The van der Waals surface area contributed by atoms with E-state index in [1.165, 1.54) is 26.4 Å². The molecule has 0 atom stereocenters. The van der Waals surface area contributed by atoms with E-state index in [2.05, 4.69) is 56.4 Å². The predicted octanol–water partition coefficient (Wildman–Crippen LogP) is 4.22. The second-order valence-corrected chi connectivity index (χ2v) is 5.95. The highest BCUT2D eigenvalue weighted by molar-refractivity contribution is 7.11. The number of aryl methyl sites for hydroxylation is 3. The highest BCUT2D eigenvalue weighted by Gasteiger charge is 2.02. The third-order valence-corrected chi connectivity index (χ3v) is 4.54. The van der Waals surface area contributed by atoms with Gasteiger partial charge in [-0.2, -0.15) is 0 Å². The van der Waals surface area contributed by atoms with Gasteiger partial charge in [0.1, 0.15) is 0 Å². The SMILES string of the molecule is CCc1ccc(CNCc2c(C)cccc2C)s1. The molecule has 2 heteroatoms. The van der Waals surface area contributed by atoms with Gasteiger partial charge in [-0.05, 0) is 49.1 Å². The van der Waals surface area contributed by atoms with Gasteiger partial charge in [0.15, 0.2) is 0 Å². The average molecular weight is 259 g/mol. The van der Waals surface area contributed by atoms with Crippen molar-refractivity contribution in [3.63, 3.8) is 0 Å². The second-order valence-electron chi connectivity index (χ2n) is 4.70. The topological polar surface area (TPSA) is 12.0 Å². The largest absolute Gasteiger partial charge is 0.308 e. The fourth-order valence-electron chi connectivity index (χ4n) is 2.15. The molecule has 1 aromatic carbocycles. The Hall–Kier alpha value is -1.12. The minimum Gasteiger partial charge on any atom is -0.308 e. The van der Waals surface area contributed by atoms with E-state index in [0.29, 0.717) is 0 Å². The quantitative estimate of drug-likeness (QED) is 0.848. The number of rotatable bonds is 5. The minimum absolute atomic E-state index is 0.956. The summed E-state index contributed by atoms with van der Waals surface area (Å²) in [5, 5.41) is 3.55. The van der Waals surface area contributed by atoms with E-state index in [1.807, 2.05) is 11.3 Å². The highest BCUT2D eigenvalue weighted by atomic mass is 32.1. The molecule has 1 N–H and O–H groups in total. The van der Waals surface area contributed by atoms with Crippen molar-refractivity contribution >= 4 is 11.3 Å². The molecular formula is C16H21NS. The van der Waals surface area contributed by atoms with E-state index in [9.17, 15) is 0 Å². The summed E-state index contributed by atoms with van der Waals surface area (Å²) >= 11 is 1.91. The lowest BCUT2D eigenvalue weighted by molar-refractivity contribution is 0.695. The summed E-state index contributed by atoms with van der Waals surface area (Å²) in [6, 6.07) is 11.0. The first-order chi connectivity index (χ1) is 8.70. The molecule has 0 saturated carbocycles. The zero-order valence-electron chi connectivity index (χ0n) is 11.4. The molecular weight excluding hydrogens is 238 g/mol. The van der Waals surface area contributed by atoms with Crippen LogP contribution < -0.4 is 5.32 Å². The van der Waals surface area contributed by atoms with Crippen molar-refractivity contribution < 1.29 is 0 Å². The van der Waals surface area contributed by atoms with Crippen molar-refractivity contribution in [3.05, 3.63) is 56.8 Å². The average Bonchev–Trinajstić information content (AvgIpc) is 2.81. The van der Waals surface area contributed by atoms with Gasteiger partial charge in [0, 0.05) is 22.8 Å². The first-order valence-corrected chi connectivity index (χ1v) is 7.35. The Bertz CT molecular complexity index is 493. The normalized spacial score (nSPS) is 10.8. The van der Waals surface area contributed by atoms with Gasteiger partial charge < -0.3 is 5.32 Å². The van der Waals surface area contributed by atoms with Crippen molar-refractivity contribution in [2.45, 2.75) is 40.3 Å². The summed E-state index contributed by atoms with van der Waals surface area (Å²) in [5.74, 6) is 0. The van der Waals surface area contributed by atoms with Gasteiger partial charge in [0.25, 0.3) is 0 Å². The fourth-order valence-corrected chi connectivity index (χ4v) is 3.07. The Morgan fingerprint density at radius 3 is 2.22 bits per heavy atom. The molecule has 0 aliphatic heterocycles. The number of thiophene rings is 1. The van der Waals surface area contributed by atoms with E-state index < -0.39 is 0 Å². The molecule has 0 amide bonds. The molecule has 2 rings (SSSR count). The Kier molecular flexibility index (Phi) is 4.56. The summed E-state index contributed by atoms with van der Waals surface area (Å²) in [6.45, 7) is 8.50. The van der Waals surface area contributed by atoms with Crippen LogP contribution in [0, 0.1) is 13.8 Å². The van der Waals surface area contributed by atoms with Crippen molar-refractivity contribution in [2.75, 3.05) is 0 Å². The van der Waals surface area contributed by atoms with Gasteiger partial charge in [-0.25, -0.2) is 0 Å². The molecule has 2 aromatic rings. The van der Waals surface area contributed by atoms with Crippen LogP contribution in [-0.2, 0) is 19.5 Å². The van der Waals surface area contributed by atoms with Crippen LogP contribution in [-0.4, -0.2) is 0 Å². The van der Waals surface area contributed by atoms with Crippen molar-refractivity contribution in [1.29, 1.82) is 0 Å². The lowest BCUT2D eigenvalue weighted by atomic mass is 10.0. The van der Waals surface area contributed by atoms with Crippen LogP contribution >= 0.6 is 11.3 Å². The van der Waals surface area contributed by atoms with Gasteiger partial charge >= 0.3 is 0 Å². The molecule has 0 bridgehead atoms. The Morgan fingerprint density at radius 2 is 1.61 bits per heavy atom. The smallest absolute Gasteiger partial charge is 0.0303 e. The molecule has 1 aromatic heterocycles. The maximum absolute atomic E-state index is 3.55. The fraction of sp³-hybridized carbons (Fsp3) is 0.375. The van der Waals surface area contributed by atoms with Gasteiger partial charge in [0.05, 0.1) is 0 Å². The van der Waals surface area contributed by atoms with Crippen LogP contribution in [0.25, 0.3) is 0 Å². The Morgan fingerprint density at radius 1 is 0.944 bits per heavy atom. The maximum atomic E-state index is 3.55. The Labute approximate surface area is 114 Å². The van der Waals surface area contributed by atoms with Crippen LogP contribution in [0.4, 0.5) is 0 Å². The molecule has 0 aliphatic rings. The van der Waals surface area contributed by atoms with Crippen LogP contribution in [0.5, 0.6) is 0 Å². The molecule has 1 nitrogen and oxygen atoms in total. The zero-order valence-corrected chi connectivity index (χ0v) is 12.2.